The minimum absolute atomic E-state index is 0.0954. The fourth-order valence-corrected chi connectivity index (χ4v) is 0.974. The summed E-state index contributed by atoms with van der Waals surface area (Å²) in [5, 5.41) is 10.8. The molecule has 1 atom stereocenters. The third-order valence-corrected chi connectivity index (χ3v) is 1.58. The van der Waals surface area contributed by atoms with Crippen molar-refractivity contribution in [2.24, 2.45) is 0 Å². The quantitative estimate of drug-likeness (QED) is 0.596. The lowest BCUT2D eigenvalue weighted by molar-refractivity contribution is -0.751. The number of hydrogen-bond donors (Lipinski definition) is 1. The Labute approximate surface area is 64.8 Å². The van der Waals surface area contributed by atoms with E-state index < -0.39 is 0 Å². The lowest BCUT2D eigenvalue weighted by Gasteiger charge is -2.17. The van der Waals surface area contributed by atoms with Gasteiger partial charge in [0.05, 0.1) is 7.05 Å². The molecule has 0 heterocycles. The zero-order valence-electron chi connectivity index (χ0n) is 6.52. The van der Waals surface area contributed by atoms with Gasteiger partial charge in [-0.1, -0.05) is 6.07 Å². The molecule has 0 spiro atoms. The van der Waals surface area contributed by atoms with Gasteiger partial charge in [-0.2, -0.15) is 0 Å². The summed E-state index contributed by atoms with van der Waals surface area (Å²) in [5.74, 6) is -0.360. The van der Waals surface area contributed by atoms with Gasteiger partial charge in [-0.25, -0.2) is 4.39 Å². The molecule has 0 aliphatic heterocycles. The number of benzene rings is 1. The summed E-state index contributed by atoms with van der Waals surface area (Å²) in [6, 6.07) is 4.21. The third-order valence-electron chi connectivity index (χ3n) is 1.58. The summed E-state index contributed by atoms with van der Waals surface area (Å²) in [6.45, 7) is 1.79. The van der Waals surface area contributed by atoms with E-state index in [1.54, 1.807) is 13.0 Å². The van der Waals surface area contributed by atoms with Crippen molar-refractivity contribution in [1.29, 1.82) is 0 Å². The van der Waals surface area contributed by atoms with E-state index in [0.717, 1.165) is 5.56 Å². The molecule has 1 aromatic rings. The fourth-order valence-electron chi connectivity index (χ4n) is 0.974. The lowest BCUT2D eigenvalue weighted by Crippen LogP contribution is -2.98. The number of nitrogens with one attached hydrogen (secondary N) is 1. The lowest BCUT2D eigenvalue weighted by atomic mass is 10.2. The van der Waals surface area contributed by atoms with Crippen LogP contribution >= 0.6 is 0 Å². The maximum absolute atomic E-state index is 12.6. The van der Waals surface area contributed by atoms with Gasteiger partial charge in [0, 0.05) is 11.6 Å². The van der Waals surface area contributed by atoms with Crippen LogP contribution in [0.15, 0.2) is 18.2 Å². The second kappa shape index (κ2) is 2.98. The number of halogens is 1. The maximum atomic E-state index is 12.6. The van der Waals surface area contributed by atoms with Crippen molar-refractivity contribution in [2.45, 2.75) is 6.92 Å². The minimum Gasteiger partial charge on any atom is -0.629 e. The molecule has 0 saturated carbocycles. The van der Waals surface area contributed by atoms with Crippen molar-refractivity contribution in [2.75, 3.05) is 7.05 Å². The Hall–Kier alpha value is -0.930. The van der Waals surface area contributed by atoms with E-state index in [1.165, 1.54) is 19.2 Å². The molecule has 0 fully saturated rings. The second-order valence-corrected chi connectivity index (χ2v) is 2.52. The minimum atomic E-state index is -0.360. The van der Waals surface area contributed by atoms with Crippen LogP contribution in [0.3, 0.4) is 0 Å². The molecular formula is C8H10FNO. The first kappa shape index (κ1) is 8.17. The van der Waals surface area contributed by atoms with Gasteiger partial charge in [0.1, 0.15) is 11.5 Å². The molecule has 0 aliphatic rings. The molecule has 1 N–H and O–H groups in total. The molecule has 11 heavy (non-hydrogen) atoms. The van der Waals surface area contributed by atoms with E-state index >= 15 is 0 Å². The maximum Gasteiger partial charge on any atom is 0.136 e. The fraction of sp³-hybridized carbons (Fsp3) is 0.250. The van der Waals surface area contributed by atoms with E-state index in [2.05, 4.69) is 0 Å². The Morgan fingerprint density at radius 1 is 1.45 bits per heavy atom. The van der Waals surface area contributed by atoms with Gasteiger partial charge in [0.15, 0.2) is 0 Å². The molecule has 0 saturated heterocycles. The van der Waals surface area contributed by atoms with E-state index in [1.807, 2.05) is 0 Å². The Morgan fingerprint density at radius 2 is 2.09 bits per heavy atom. The van der Waals surface area contributed by atoms with Crippen LogP contribution in [0.25, 0.3) is 0 Å². The normalized spacial score (nSPS) is 13.1. The van der Waals surface area contributed by atoms with Gasteiger partial charge >= 0.3 is 0 Å². The van der Waals surface area contributed by atoms with Gasteiger partial charge in [-0.15, -0.1) is 0 Å². The van der Waals surface area contributed by atoms with Crippen LogP contribution in [-0.4, -0.2) is 7.05 Å². The van der Waals surface area contributed by atoms with Crippen LogP contribution in [0.4, 0.5) is 10.1 Å². The topological polar surface area (TPSA) is 27.5 Å². The van der Waals surface area contributed by atoms with Crippen LogP contribution in [0.2, 0.25) is 0 Å². The summed E-state index contributed by atoms with van der Waals surface area (Å²) in [5.41, 5.74) is 1.28. The van der Waals surface area contributed by atoms with E-state index in [0.29, 0.717) is 5.69 Å². The average molecular weight is 155 g/mol. The highest BCUT2D eigenvalue weighted by atomic mass is 19.1. The molecule has 0 amide bonds. The Bertz CT molecular complexity index is 260. The molecule has 1 aromatic carbocycles. The summed E-state index contributed by atoms with van der Waals surface area (Å²) in [7, 11) is 1.43. The van der Waals surface area contributed by atoms with Crippen LogP contribution in [0, 0.1) is 17.9 Å². The monoisotopic (exact) mass is 155 g/mol. The van der Waals surface area contributed by atoms with Gasteiger partial charge < -0.3 is 10.3 Å². The smallest absolute Gasteiger partial charge is 0.136 e. The number of quaternary nitrogens is 1. The average Bonchev–Trinajstić information content (AvgIpc) is 1.94. The first-order chi connectivity index (χ1) is 5.11. The summed E-state index contributed by atoms with van der Waals surface area (Å²) >= 11 is 0. The molecule has 60 valence electrons. The Kier molecular flexibility index (Phi) is 2.22. The molecule has 1 rings (SSSR count). The Morgan fingerprint density at radius 3 is 2.55 bits per heavy atom. The van der Waals surface area contributed by atoms with Gasteiger partial charge in [0.25, 0.3) is 0 Å². The van der Waals surface area contributed by atoms with Crippen LogP contribution in [-0.2, 0) is 0 Å². The molecule has 0 aliphatic carbocycles. The van der Waals surface area contributed by atoms with Crippen molar-refractivity contribution in [3.8, 4) is 0 Å². The highest BCUT2D eigenvalue weighted by Gasteiger charge is 2.03. The van der Waals surface area contributed by atoms with Gasteiger partial charge in [-0.05, 0) is 13.0 Å². The largest absolute Gasteiger partial charge is 0.629 e. The predicted octanol–water partition coefficient (Wildman–Crippen LogP) is 0.778. The zero-order chi connectivity index (χ0) is 8.43. The second-order valence-electron chi connectivity index (χ2n) is 2.52. The number of hydrogen-bond acceptors (Lipinski definition) is 1. The van der Waals surface area contributed by atoms with Crippen molar-refractivity contribution < 1.29 is 9.45 Å². The van der Waals surface area contributed by atoms with Crippen LogP contribution in [0.1, 0.15) is 5.56 Å². The summed E-state index contributed by atoms with van der Waals surface area (Å²) in [6.07, 6.45) is 0. The molecule has 3 heteroatoms. The van der Waals surface area contributed by atoms with Crippen molar-refractivity contribution >= 4 is 5.69 Å². The van der Waals surface area contributed by atoms with Crippen molar-refractivity contribution in [3.63, 3.8) is 0 Å². The Balaban J connectivity index is 3.13. The van der Waals surface area contributed by atoms with E-state index in [4.69, 9.17) is 0 Å². The molecule has 2 nitrogen and oxygen atoms in total. The van der Waals surface area contributed by atoms with Crippen LogP contribution in [0.5, 0.6) is 0 Å². The standard InChI is InChI=1S/C8H10FNO/c1-6-3-4-7(9)5-8(6)10(2)11/h3-5,10H,1-2H3. The zero-order valence-corrected chi connectivity index (χ0v) is 6.52. The van der Waals surface area contributed by atoms with E-state index in [-0.39, 0.29) is 10.9 Å². The first-order valence-electron chi connectivity index (χ1n) is 3.38. The predicted molar refractivity (Wildman–Crippen MR) is 41.1 cm³/mol. The SMILES string of the molecule is Cc1ccc(F)cc1[NH+](C)[O-]. The van der Waals surface area contributed by atoms with Crippen LogP contribution < -0.4 is 5.06 Å². The van der Waals surface area contributed by atoms with Crippen molar-refractivity contribution in [1.82, 2.24) is 0 Å². The highest BCUT2D eigenvalue weighted by Crippen LogP contribution is 2.10. The molecule has 0 aromatic heterocycles. The molecule has 1 unspecified atom stereocenters. The number of aryl methyl sites for hydroxylation is 1. The highest BCUT2D eigenvalue weighted by molar-refractivity contribution is 5.38. The molecular weight excluding hydrogens is 145 g/mol. The van der Waals surface area contributed by atoms with E-state index in [9.17, 15) is 9.60 Å². The summed E-state index contributed by atoms with van der Waals surface area (Å²) < 4.78 is 12.6. The summed E-state index contributed by atoms with van der Waals surface area (Å²) in [4.78, 5) is 0. The number of hydroxylamine groups is 1. The third kappa shape index (κ3) is 1.76. The van der Waals surface area contributed by atoms with Crippen molar-refractivity contribution in [3.05, 3.63) is 34.8 Å². The first-order valence-corrected chi connectivity index (χ1v) is 3.38. The van der Waals surface area contributed by atoms with Gasteiger partial charge in [-0.3, -0.25) is 0 Å². The number of rotatable bonds is 1. The molecule has 0 radical (unpaired) electrons. The molecule has 0 bridgehead atoms. The van der Waals surface area contributed by atoms with Gasteiger partial charge in [0.2, 0.25) is 0 Å².